The Bertz CT molecular complexity index is 932. The molecule has 2 heterocycles. The highest BCUT2D eigenvalue weighted by atomic mass is 16.5. The molecule has 1 fully saturated rings. The smallest absolute Gasteiger partial charge is 0.326 e. The summed E-state index contributed by atoms with van der Waals surface area (Å²) in [5.41, 5.74) is 1.51. The van der Waals surface area contributed by atoms with Crippen LogP contribution in [0, 0.1) is 0 Å². The number of esters is 1. The number of hydrogen-bond donors (Lipinski definition) is 1. The van der Waals surface area contributed by atoms with Crippen molar-refractivity contribution in [2.24, 2.45) is 0 Å². The molecule has 3 amide bonds. The van der Waals surface area contributed by atoms with Crippen molar-refractivity contribution in [2.75, 3.05) is 25.1 Å². The Morgan fingerprint density at radius 1 is 1.14 bits per heavy atom. The molecule has 2 aliphatic heterocycles. The summed E-state index contributed by atoms with van der Waals surface area (Å²) in [6, 6.07) is 7.25. The van der Waals surface area contributed by atoms with Crippen LogP contribution in [-0.4, -0.2) is 54.3 Å². The van der Waals surface area contributed by atoms with Gasteiger partial charge in [-0.1, -0.05) is 32.0 Å². The number of fused-ring (bicyclic) bond motifs is 1. The van der Waals surface area contributed by atoms with Crippen molar-refractivity contribution in [3.05, 3.63) is 41.6 Å². The van der Waals surface area contributed by atoms with Crippen LogP contribution < -0.4 is 10.2 Å². The van der Waals surface area contributed by atoms with Crippen molar-refractivity contribution in [1.29, 1.82) is 0 Å². The zero-order valence-corrected chi connectivity index (χ0v) is 17.2. The summed E-state index contributed by atoms with van der Waals surface area (Å²) < 4.78 is 5.00. The zero-order valence-electron chi connectivity index (χ0n) is 17.2. The van der Waals surface area contributed by atoms with Crippen molar-refractivity contribution in [3.63, 3.8) is 0 Å². The number of anilines is 1. The number of ether oxygens (including phenoxy) is 1. The van der Waals surface area contributed by atoms with Crippen LogP contribution in [0.25, 0.3) is 0 Å². The van der Waals surface area contributed by atoms with Crippen LogP contribution >= 0.6 is 0 Å². The molecule has 0 aliphatic carbocycles. The van der Waals surface area contributed by atoms with Gasteiger partial charge >= 0.3 is 12.0 Å². The summed E-state index contributed by atoms with van der Waals surface area (Å²) in [6.45, 7) is 6.16. The molecule has 8 heteroatoms. The Morgan fingerprint density at radius 3 is 2.38 bits per heavy atom. The van der Waals surface area contributed by atoms with Crippen LogP contribution in [0.3, 0.4) is 0 Å². The Labute approximate surface area is 169 Å². The molecule has 0 spiro atoms. The van der Waals surface area contributed by atoms with Crippen molar-refractivity contribution in [3.8, 4) is 0 Å². The number of amides is 3. The number of carbonyl (C=O) groups excluding carboxylic acids is 4. The Balaban J connectivity index is 1.63. The largest absolute Gasteiger partial charge is 0.456 e. The van der Waals surface area contributed by atoms with Gasteiger partial charge in [0.05, 0.1) is 0 Å². The highest BCUT2D eigenvalue weighted by Gasteiger charge is 2.45. The minimum Gasteiger partial charge on any atom is -0.456 e. The minimum absolute atomic E-state index is 0.364. The Morgan fingerprint density at radius 2 is 1.79 bits per heavy atom. The molecule has 0 saturated carbocycles. The van der Waals surface area contributed by atoms with Gasteiger partial charge in [-0.05, 0) is 25.5 Å². The second-order valence-corrected chi connectivity index (χ2v) is 8.30. The van der Waals surface area contributed by atoms with Gasteiger partial charge in [-0.2, -0.15) is 0 Å². The van der Waals surface area contributed by atoms with Crippen LogP contribution in [0.5, 0.6) is 0 Å². The molecule has 29 heavy (non-hydrogen) atoms. The third-order valence-electron chi connectivity index (χ3n) is 5.35. The predicted molar refractivity (Wildman–Crippen MR) is 106 cm³/mol. The molecule has 0 unspecified atom stereocenters. The van der Waals surface area contributed by atoms with E-state index >= 15 is 0 Å². The fraction of sp³-hybridized carbons (Fsp3) is 0.429. The number of likely N-dealkylation sites (N-methyl/N-ethyl adjacent to an activating group) is 1. The van der Waals surface area contributed by atoms with Crippen LogP contribution in [0.15, 0.2) is 36.0 Å². The first kappa shape index (κ1) is 20.6. The number of para-hydroxylation sites is 1. The first-order valence-electron chi connectivity index (χ1n) is 9.33. The number of ketones is 1. The SMILES string of the molecule is CN1/C(=C\C(=O)COC(=O)CN2C(=O)NC(C)(C)C2=O)C(C)(C)c2ccccc21. The molecule has 1 aromatic rings. The van der Waals surface area contributed by atoms with Gasteiger partial charge in [0.25, 0.3) is 5.91 Å². The van der Waals surface area contributed by atoms with Gasteiger partial charge in [-0.15, -0.1) is 0 Å². The molecular formula is C21H25N3O5. The molecule has 1 aromatic carbocycles. The number of allylic oxidation sites excluding steroid dienone is 1. The second-order valence-electron chi connectivity index (χ2n) is 8.30. The number of rotatable bonds is 5. The van der Waals surface area contributed by atoms with Crippen LogP contribution in [-0.2, 0) is 24.5 Å². The van der Waals surface area contributed by atoms with Gasteiger partial charge in [-0.25, -0.2) is 4.79 Å². The number of urea groups is 1. The van der Waals surface area contributed by atoms with Crippen molar-refractivity contribution < 1.29 is 23.9 Å². The molecule has 154 valence electrons. The normalized spacial score (nSPS) is 20.7. The molecule has 0 bridgehead atoms. The van der Waals surface area contributed by atoms with E-state index in [2.05, 4.69) is 5.32 Å². The molecule has 0 aromatic heterocycles. The lowest BCUT2D eigenvalue weighted by molar-refractivity contribution is -0.149. The van der Waals surface area contributed by atoms with Crippen LogP contribution in [0.4, 0.5) is 10.5 Å². The van der Waals surface area contributed by atoms with Crippen molar-refractivity contribution in [1.82, 2.24) is 10.2 Å². The Kier molecular flexibility index (Phi) is 4.98. The van der Waals surface area contributed by atoms with Crippen molar-refractivity contribution >= 4 is 29.4 Å². The minimum atomic E-state index is -1.06. The van der Waals surface area contributed by atoms with Gasteiger partial charge in [0.15, 0.2) is 12.4 Å². The number of nitrogens with one attached hydrogen (secondary N) is 1. The summed E-state index contributed by atoms with van der Waals surface area (Å²) in [5, 5.41) is 2.48. The lowest BCUT2D eigenvalue weighted by Gasteiger charge is -2.23. The molecule has 2 aliphatic rings. The van der Waals surface area contributed by atoms with E-state index < -0.39 is 36.6 Å². The average Bonchev–Trinajstić information content (AvgIpc) is 2.96. The zero-order chi connectivity index (χ0) is 21.6. The molecule has 0 atom stereocenters. The summed E-state index contributed by atoms with van der Waals surface area (Å²) in [5.74, 6) is -1.71. The lowest BCUT2D eigenvalue weighted by Crippen LogP contribution is -2.41. The molecule has 0 radical (unpaired) electrons. The van der Waals surface area contributed by atoms with Crippen LogP contribution in [0.1, 0.15) is 33.3 Å². The number of hydrogen-bond acceptors (Lipinski definition) is 6. The third kappa shape index (κ3) is 3.62. The standard InChI is InChI=1S/C21H25N3O5/c1-20(2)14-8-6-7-9-15(14)23(5)16(20)10-13(25)12-29-17(26)11-24-18(27)21(3,4)22-19(24)28/h6-10H,11-12H2,1-5H3,(H,22,28)/b16-10-. The molecule has 8 nitrogen and oxygen atoms in total. The highest BCUT2D eigenvalue weighted by Crippen LogP contribution is 2.46. The van der Waals surface area contributed by atoms with E-state index in [-0.39, 0.29) is 11.2 Å². The first-order chi connectivity index (χ1) is 13.4. The first-order valence-corrected chi connectivity index (χ1v) is 9.33. The van der Waals surface area contributed by atoms with Gasteiger partial charge in [0.1, 0.15) is 12.1 Å². The summed E-state index contributed by atoms with van der Waals surface area (Å²) in [6.07, 6.45) is 1.48. The van der Waals surface area contributed by atoms with Gasteiger partial charge < -0.3 is 15.0 Å². The Hall–Kier alpha value is -3.16. The molecule has 1 N–H and O–H groups in total. The van der Waals surface area contributed by atoms with Gasteiger partial charge in [0, 0.05) is 29.9 Å². The second kappa shape index (κ2) is 7.02. The molecule has 3 rings (SSSR count). The monoisotopic (exact) mass is 399 g/mol. The summed E-state index contributed by atoms with van der Waals surface area (Å²) in [4.78, 5) is 51.1. The third-order valence-corrected chi connectivity index (χ3v) is 5.35. The number of imide groups is 1. The number of carbonyl (C=O) groups is 4. The van der Waals surface area contributed by atoms with E-state index in [9.17, 15) is 19.2 Å². The highest BCUT2D eigenvalue weighted by molar-refractivity contribution is 6.08. The maximum Gasteiger partial charge on any atom is 0.326 e. The van der Waals surface area contributed by atoms with E-state index in [0.29, 0.717) is 0 Å². The predicted octanol–water partition coefficient (Wildman–Crippen LogP) is 1.74. The topological polar surface area (TPSA) is 96.0 Å². The van der Waals surface area contributed by atoms with Crippen molar-refractivity contribution in [2.45, 2.75) is 38.6 Å². The maximum absolute atomic E-state index is 12.4. The van der Waals surface area contributed by atoms with E-state index in [4.69, 9.17) is 4.74 Å². The fourth-order valence-corrected chi connectivity index (χ4v) is 3.74. The van der Waals surface area contributed by atoms with E-state index in [1.807, 2.05) is 50.1 Å². The quantitative estimate of drug-likeness (QED) is 0.460. The van der Waals surface area contributed by atoms with Gasteiger partial charge in [-0.3, -0.25) is 19.3 Å². The molecule has 1 saturated heterocycles. The van der Waals surface area contributed by atoms with E-state index in [1.165, 1.54) is 6.08 Å². The lowest BCUT2D eigenvalue weighted by atomic mass is 9.83. The number of nitrogens with zero attached hydrogens (tertiary/aromatic N) is 2. The van der Waals surface area contributed by atoms with Gasteiger partial charge in [0.2, 0.25) is 0 Å². The average molecular weight is 399 g/mol. The molecular weight excluding hydrogens is 374 g/mol. The fourth-order valence-electron chi connectivity index (χ4n) is 3.74. The van der Waals surface area contributed by atoms with E-state index in [1.54, 1.807) is 13.8 Å². The van der Waals surface area contributed by atoms with E-state index in [0.717, 1.165) is 21.8 Å². The summed E-state index contributed by atoms with van der Waals surface area (Å²) in [7, 11) is 1.89. The summed E-state index contributed by atoms with van der Waals surface area (Å²) >= 11 is 0. The number of benzene rings is 1. The van der Waals surface area contributed by atoms with Crippen LogP contribution in [0.2, 0.25) is 0 Å². The maximum atomic E-state index is 12.4.